The van der Waals surface area contributed by atoms with E-state index < -0.39 is 11.4 Å². The number of alkyl halides is 4. The average Bonchev–Trinajstić information content (AvgIpc) is 2.30. The molecule has 0 spiro atoms. The summed E-state index contributed by atoms with van der Waals surface area (Å²) in [6.07, 6.45) is 0.695. The zero-order valence-electron chi connectivity index (χ0n) is 10.7. The number of aliphatic carboxylic acids is 1. The minimum absolute atomic E-state index is 0.00603. The summed E-state index contributed by atoms with van der Waals surface area (Å²) in [4.78, 5) is 10.9. The van der Waals surface area contributed by atoms with E-state index in [1.165, 1.54) is 0 Å². The maximum Gasteiger partial charge on any atom is 0.303 e. The fraction of sp³-hybridized carbons (Fsp3) is 0.917. The highest BCUT2D eigenvalue weighted by molar-refractivity contribution is 6.24. The molecule has 108 valence electrons. The summed E-state index contributed by atoms with van der Waals surface area (Å²) in [5.41, 5.74) is -0.803. The van der Waals surface area contributed by atoms with Gasteiger partial charge in [-0.3, -0.25) is 4.79 Å². The number of carboxylic acids is 1. The van der Waals surface area contributed by atoms with Crippen molar-refractivity contribution in [2.75, 3.05) is 23.5 Å². The third-order valence-electron chi connectivity index (χ3n) is 3.43. The highest BCUT2D eigenvalue weighted by Gasteiger charge is 2.38. The average molecular weight is 338 g/mol. The van der Waals surface area contributed by atoms with E-state index in [2.05, 4.69) is 0 Å². The number of carbonyl (C=O) groups is 1. The second-order valence-corrected chi connectivity index (χ2v) is 6.63. The zero-order chi connectivity index (χ0) is 14.4. The minimum atomic E-state index is -0.830. The zero-order valence-corrected chi connectivity index (χ0v) is 13.7. The Bertz CT molecular complexity index is 257. The van der Waals surface area contributed by atoms with Gasteiger partial charge >= 0.3 is 5.97 Å². The first-order valence-electron chi connectivity index (χ1n) is 5.72. The summed E-state index contributed by atoms with van der Waals surface area (Å²) >= 11 is 23.8. The second kappa shape index (κ2) is 8.04. The smallest absolute Gasteiger partial charge is 0.303 e. The second-order valence-electron chi connectivity index (χ2n) is 5.52. The van der Waals surface area contributed by atoms with Gasteiger partial charge < -0.3 is 5.11 Å². The van der Waals surface area contributed by atoms with Crippen LogP contribution in [0, 0.1) is 16.7 Å². The Labute approximate surface area is 129 Å². The standard InChI is InChI=1S/C12H20Cl4O2/c1-11(2,4-10(17)18)9(5-13)3-12(6-14,7-15)8-16/h9H,3-8H2,1-2H3,(H,17,18). The van der Waals surface area contributed by atoms with Crippen LogP contribution in [0.2, 0.25) is 0 Å². The van der Waals surface area contributed by atoms with E-state index in [1.807, 2.05) is 13.8 Å². The molecule has 0 aromatic heterocycles. The predicted octanol–water partition coefficient (Wildman–Crippen LogP) is 4.44. The van der Waals surface area contributed by atoms with Crippen molar-refractivity contribution in [3.8, 4) is 0 Å². The molecule has 0 aromatic rings. The maximum absolute atomic E-state index is 10.9. The lowest BCUT2D eigenvalue weighted by atomic mass is 9.70. The topological polar surface area (TPSA) is 37.3 Å². The van der Waals surface area contributed by atoms with Crippen molar-refractivity contribution < 1.29 is 9.90 Å². The number of halogens is 4. The highest BCUT2D eigenvalue weighted by atomic mass is 35.5. The van der Waals surface area contributed by atoms with Crippen molar-refractivity contribution in [3.63, 3.8) is 0 Å². The molecule has 0 aliphatic heterocycles. The Morgan fingerprint density at radius 2 is 1.56 bits per heavy atom. The van der Waals surface area contributed by atoms with Gasteiger partial charge in [0.1, 0.15) is 0 Å². The van der Waals surface area contributed by atoms with Gasteiger partial charge in [0.05, 0.1) is 6.42 Å². The van der Waals surface area contributed by atoms with Crippen LogP contribution in [0.4, 0.5) is 0 Å². The van der Waals surface area contributed by atoms with E-state index in [0.29, 0.717) is 29.9 Å². The van der Waals surface area contributed by atoms with Gasteiger partial charge in [0, 0.05) is 28.9 Å². The minimum Gasteiger partial charge on any atom is -0.481 e. The van der Waals surface area contributed by atoms with Gasteiger partial charge in [-0.1, -0.05) is 13.8 Å². The lowest BCUT2D eigenvalue weighted by Gasteiger charge is -2.38. The van der Waals surface area contributed by atoms with E-state index in [9.17, 15) is 4.79 Å². The first kappa shape index (κ1) is 18.6. The molecule has 1 unspecified atom stereocenters. The van der Waals surface area contributed by atoms with Gasteiger partial charge in [-0.25, -0.2) is 0 Å². The van der Waals surface area contributed by atoms with Gasteiger partial charge in [-0.15, -0.1) is 46.4 Å². The lowest BCUT2D eigenvalue weighted by Crippen LogP contribution is -2.37. The Balaban J connectivity index is 4.92. The van der Waals surface area contributed by atoms with Gasteiger partial charge in [0.25, 0.3) is 0 Å². The molecular weight excluding hydrogens is 318 g/mol. The molecule has 18 heavy (non-hydrogen) atoms. The monoisotopic (exact) mass is 336 g/mol. The lowest BCUT2D eigenvalue weighted by molar-refractivity contribution is -0.140. The molecule has 0 aliphatic rings. The van der Waals surface area contributed by atoms with Crippen LogP contribution in [-0.2, 0) is 4.79 Å². The molecular formula is C12H20Cl4O2. The molecule has 0 aromatic carbocycles. The first-order chi connectivity index (χ1) is 8.26. The van der Waals surface area contributed by atoms with E-state index in [-0.39, 0.29) is 17.8 Å². The molecule has 0 saturated carbocycles. The van der Waals surface area contributed by atoms with Crippen LogP contribution >= 0.6 is 46.4 Å². The van der Waals surface area contributed by atoms with Crippen LogP contribution in [0.15, 0.2) is 0 Å². The molecule has 0 heterocycles. The molecule has 2 nitrogen and oxygen atoms in total. The Morgan fingerprint density at radius 3 is 1.83 bits per heavy atom. The fourth-order valence-corrected chi connectivity index (χ4v) is 3.58. The van der Waals surface area contributed by atoms with Crippen LogP contribution in [0.5, 0.6) is 0 Å². The van der Waals surface area contributed by atoms with E-state index in [4.69, 9.17) is 51.5 Å². The number of hydrogen-bond acceptors (Lipinski definition) is 1. The van der Waals surface area contributed by atoms with Gasteiger partial charge in [0.2, 0.25) is 0 Å². The van der Waals surface area contributed by atoms with Crippen molar-refractivity contribution in [1.82, 2.24) is 0 Å². The first-order valence-corrected chi connectivity index (χ1v) is 7.86. The largest absolute Gasteiger partial charge is 0.481 e. The van der Waals surface area contributed by atoms with Crippen LogP contribution in [0.25, 0.3) is 0 Å². The molecule has 0 bridgehead atoms. The fourth-order valence-electron chi connectivity index (χ4n) is 1.87. The Hall–Kier alpha value is 0.630. The third kappa shape index (κ3) is 5.32. The summed E-state index contributed by atoms with van der Waals surface area (Å²) in [6, 6.07) is 0. The van der Waals surface area contributed by atoms with Crippen molar-refractivity contribution >= 4 is 52.4 Å². The quantitative estimate of drug-likeness (QED) is 0.632. The molecule has 0 fully saturated rings. The Kier molecular flexibility index (Phi) is 8.32. The number of carboxylic acid groups (broad SMARTS) is 1. The summed E-state index contributed by atoms with van der Waals surface area (Å²) in [5.74, 6) is 0.575. The summed E-state index contributed by atoms with van der Waals surface area (Å²) in [7, 11) is 0. The van der Waals surface area contributed by atoms with Crippen molar-refractivity contribution in [2.24, 2.45) is 16.7 Å². The summed E-state index contributed by atoms with van der Waals surface area (Å²) in [5, 5.41) is 8.94. The van der Waals surface area contributed by atoms with E-state index in [0.717, 1.165) is 0 Å². The third-order valence-corrected chi connectivity index (χ3v) is 5.50. The van der Waals surface area contributed by atoms with Gasteiger partial charge in [-0.2, -0.15) is 0 Å². The molecule has 0 radical (unpaired) electrons. The number of rotatable bonds is 9. The van der Waals surface area contributed by atoms with Crippen molar-refractivity contribution in [1.29, 1.82) is 0 Å². The molecule has 0 saturated heterocycles. The molecule has 1 N–H and O–H groups in total. The molecule has 1 atom stereocenters. The van der Waals surface area contributed by atoms with Crippen LogP contribution in [-0.4, -0.2) is 34.6 Å². The summed E-state index contributed by atoms with van der Waals surface area (Å²) in [6.45, 7) is 3.80. The summed E-state index contributed by atoms with van der Waals surface area (Å²) < 4.78 is 0. The van der Waals surface area contributed by atoms with Crippen LogP contribution in [0.3, 0.4) is 0 Å². The van der Waals surface area contributed by atoms with Crippen LogP contribution in [0.1, 0.15) is 26.7 Å². The molecule has 6 heteroatoms. The maximum atomic E-state index is 10.9. The predicted molar refractivity (Wildman–Crippen MR) is 79.5 cm³/mol. The van der Waals surface area contributed by atoms with E-state index in [1.54, 1.807) is 0 Å². The van der Waals surface area contributed by atoms with Gasteiger partial charge in [0.15, 0.2) is 0 Å². The van der Waals surface area contributed by atoms with Gasteiger partial charge in [-0.05, 0) is 17.8 Å². The van der Waals surface area contributed by atoms with Crippen molar-refractivity contribution in [2.45, 2.75) is 26.7 Å². The molecule has 0 amide bonds. The normalized spacial score (nSPS) is 14.6. The Morgan fingerprint density at radius 1 is 1.11 bits per heavy atom. The number of hydrogen-bond donors (Lipinski definition) is 1. The van der Waals surface area contributed by atoms with E-state index >= 15 is 0 Å². The van der Waals surface area contributed by atoms with Crippen LogP contribution < -0.4 is 0 Å². The highest BCUT2D eigenvalue weighted by Crippen LogP contribution is 2.41. The van der Waals surface area contributed by atoms with Crippen molar-refractivity contribution in [3.05, 3.63) is 0 Å². The molecule has 0 aliphatic carbocycles. The SMILES string of the molecule is CC(C)(CC(=O)O)C(CCl)CC(CCl)(CCl)CCl. The molecule has 0 rings (SSSR count).